The van der Waals surface area contributed by atoms with Gasteiger partial charge in [0, 0.05) is 12.1 Å². The number of hydrogen-bond donors (Lipinski definition) is 1. The van der Waals surface area contributed by atoms with Crippen molar-refractivity contribution in [3.05, 3.63) is 59.5 Å². The number of halogens is 3. The Kier molecular flexibility index (Phi) is 6.78. The minimum Gasteiger partial charge on any atom is -0.493 e. The first-order chi connectivity index (χ1) is 14.8. The smallest absolute Gasteiger partial charge is 0.471 e. The molecular weight excluding hydrogens is 415 g/mol. The highest BCUT2D eigenvalue weighted by molar-refractivity contribution is 5.78. The SMILES string of the molecule is COc1ccc(CCNC(=O)Cc2ccc(-c3noc(C(F)(F)F)n3)cc2)cc1OC. The predicted octanol–water partition coefficient (Wildman–Crippen LogP) is 3.67. The van der Waals surface area contributed by atoms with E-state index in [-0.39, 0.29) is 18.2 Å². The Morgan fingerprint density at radius 2 is 1.71 bits per heavy atom. The lowest BCUT2D eigenvalue weighted by molar-refractivity contribution is -0.159. The molecule has 1 amide bonds. The van der Waals surface area contributed by atoms with E-state index in [9.17, 15) is 18.0 Å². The van der Waals surface area contributed by atoms with Gasteiger partial charge in [-0.1, -0.05) is 35.5 Å². The van der Waals surface area contributed by atoms with E-state index in [2.05, 4.69) is 20.0 Å². The van der Waals surface area contributed by atoms with Gasteiger partial charge in [0.2, 0.25) is 11.7 Å². The summed E-state index contributed by atoms with van der Waals surface area (Å²) in [5, 5.41) is 6.17. The first kappa shape index (κ1) is 22.1. The van der Waals surface area contributed by atoms with Crippen LogP contribution in [0.1, 0.15) is 17.0 Å². The Morgan fingerprint density at radius 1 is 1.03 bits per heavy atom. The van der Waals surface area contributed by atoms with Gasteiger partial charge in [-0.2, -0.15) is 18.2 Å². The zero-order chi connectivity index (χ0) is 22.4. The average Bonchev–Trinajstić information content (AvgIpc) is 3.25. The summed E-state index contributed by atoms with van der Waals surface area (Å²) in [6.07, 6.45) is -3.95. The molecule has 10 heteroatoms. The lowest BCUT2D eigenvalue weighted by atomic mass is 10.1. The first-order valence-corrected chi connectivity index (χ1v) is 9.28. The van der Waals surface area contributed by atoms with Crippen LogP contribution in [0.5, 0.6) is 11.5 Å². The lowest BCUT2D eigenvalue weighted by Crippen LogP contribution is -2.27. The fourth-order valence-corrected chi connectivity index (χ4v) is 2.86. The molecule has 0 saturated carbocycles. The first-order valence-electron chi connectivity index (χ1n) is 9.28. The number of carbonyl (C=O) groups is 1. The van der Waals surface area contributed by atoms with Crippen LogP contribution < -0.4 is 14.8 Å². The molecule has 0 saturated heterocycles. The van der Waals surface area contributed by atoms with Crippen molar-refractivity contribution < 1.29 is 32.0 Å². The number of aromatic nitrogens is 2. The zero-order valence-electron chi connectivity index (χ0n) is 16.8. The molecule has 0 aliphatic carbocycles. The molecule has 0 atom stereocenters. The minimum atomic E-state index is -4.69. The van der Waals surface area contributed by atoms with E-state index >= 15 is 0 Å². The van der Waals surface area contributed by atoms with E-state index in [0.717, 1.165) is 5.56 Å². The second-order valence-corrected chi connectivity index (χ2v) is 6.58. The molecular formula is C21H20F3N3O4. The van der Waals surface area contributed by atoms with Gasteiger partial charge in [-0.3, -0.25) is 4.79 Å². The van der Waals surface area contributed by atoms with Crippen molar-refractivity contribution in [2.45, 2.75) is 19.0 Å². The van der Waals surface area contributed by atoms with E-state index in [0.29, 0.717) is 35.6 Å². The second kappa shape index (κ2) is 9.50. The highest BCUT2D eigenvalue weighted by atomic mass is 19.4. The number of rotatable bonds is 8. The molecule has 1 heterocycles. The summed E-state index contributed by atoms with van der Waals surface area (Å²) < 4.78 is 52.3. The van der Waals surface area contributed by atoms with Gasteiger partial charge in [-0.15, -0.1) is 0 Å². The van der Waals surface area contributed by atoms with Crippen molar-refractivity contribution in [2.75, 3.05) is 20.8 Å². The molecule has 0 radical (unpaired) electrons. The van der Waals surface area contributed by atoms with Crippen molar-refractivity contribution >= 4 is 5.91 Å². The van der Waals surface area contributed by atoms with E-state index < -0.39 is 12.1 Å². The maximum atomic E-state index is 12.6. The summed E-state index contributed by atoms with van der Waals surface area (Å²) in [6, 6.07) is 11.9. The third-order valence-corrected chi connectivity index (χ3v) is 4.43. The fourth-order valence-electron chi connectivity index (χ4n) is 2.86. The molecule has 0 aliphatic rings. The van der Waals surface area contributed by atoms with Gasteiger partial charge in [0.1, 0.15) is 0 Å². The topological polar surface area (TPSA) is 86.5 Å². The van der Waals surface area contributed by atoms with Crippen molar-refractivity contribution in [3.63, 3.8) is 0 Å². The summed E-state index contributed by atoms with van der Waals surface area (Å²) >= 11 is 0. The molecule has 0 fully saturated rings. The number of amides is 1. The van der Waals surface area contributed by atoms with Gasteiger partial charge in [-0.05, 0) is 29.7 Å². The number of methoxy groups -OCH3 is 2. The number of hydrogen-bond acceptors (Lipinski definition) is 6. The van der Waals surface area contributed by atoms with E-state index in [1.54, 1.807) is 32.4 Å². The Bertz CT molecular complexity index is 1030. The molecule has 2 aromatic carbocycles. The fraction of sp³-hybridized carbons (Fsp3) is 0.286. The standard InChI is InChI=1S/C21H20F3N3O4/c1-29-16-8-5-14(11-17(16)30-2)9-10-25-18(28)12-13-3-6-15(7-4-13)19-26-20(31-27-19)21(22,23)24/h3-8,11H,9-10,12H2,1-2H3,(H,25,28). The van der Waals surface area contributed by atoms with Crippen molar-refractivity contribution in [1.82, 2.24) is 15.5 Å². The predicted molar refractivity (Wildman–Crippen MR) is 105 cm³/mol. The van der Waals surface area contributed by atoms with Crippen molar-refractivity contribution in [3.8, 4) is 22.9 Å². The molecule has 31 heavy (non-hydrogen) atoms. The van der Waals surface area contributed by atoms with Gasteiger partial charge in [0.25, 0.3) is 0 Å². The van der Waals surface area contributed by atoms with Crippen molar-refractivity contribution in [1.29, 1.82) is 0 Å². The van der Waals surface area contributed by atoms with Gasteiger partial charge in [0.05, 0.1) is 20.6 Å². The zero-order valence-corrected chi connectivity index (χ0v) is 16.8. The maximum Gasteiger partial charge on any atom is 0.471 e. The van der Waals surface area contributed by atoms with Crippen LogP contribution in [0.4, 0.5) is 13.2 Å². The molecule has 0 aliphatic heterocycles. The third kappa shape index (κ3) is 5.74. The van der Waals surface area contributed by atoms with Gasteiger partial charge in [-0.25, -0.2) is 0 Å². The van der Waals surface area contributed by atoms with Crippen LogP contribution in [0.25, 0.3) is 11.4 Å². The van der Waals surface area contributed by atoms with E-state index in [1.165, 1.54) is 12.1 Å². The molecule has 1 N–H and O–H groups in total. The number of ether oxygens (including phenoxy) is 2. The van der Waals surface area contributed by atoms with Crippen LogP contribution in [0.2, 0.25) is 0 Å². The molecule has 0 unspecified atom stereocenters. The molecule has 3 rings (SSSR count). The summed E-state index contributed by atoms with van der Waals surface area (Å²) in [4.78, 5) is 15.5. The van der Waals surface area contributed by atoms with Gasteiger partial charge in [0.15, 0.2) is 11.5 Å². The van der Waals surface area contributed by atoms with Gasteiger partial charge < -0.3 is 19.3 Å². The average molecular weight is 435 g/mol. The van der Waals surface area contributed by atoms with Gasteiger partial charge >= 0.3 is 12.1 Å². The molecule has 0 spiro atoms. The second-order valence-electron chi connectivity index (χ2n) is 6.58. The Morgan fingerprint density at radius 3 is 2.32 bits per heavy atom. The minimum absolute atomic E-state index is 0.131. The number of carbonyl (C=O) groups excluding carboxylic acids is 1. The summed E-state index contributed by atoms with van der Waals surface area (Å²) in [7, 11) is 3.12. The number of benzene rings is 2. The van der Waals surface area contributed by atoms with Crippen LogP contribution in [0.15, 0.2) is 47.0 Å². The monoisotopic (exact) mass is 435 g/mol. The number of nitrogens with one attached hydrogen (secondary N) is 1. The summed E-state index contributed by atoms with van der Waals surface area (Å²) in [6.45, 7) is 0.440. The Hall–Kier alpha value is -3.56. The Labute approximate surface area is 176 Å². The maximum absolute atomic E-state index is 12.6. The third-order valence-electron chi connectivity index (χ3n) is 4.43. The number of alkyl halides is 3. The molecule has 164 valence electrons. The summed E-state index contributed by atoms with van der Waals surface area (Å²) in [5.41, 5.74) is 2.05. The van der Waals surface area contributed by atoms with Crippen LogP contribution >= 0.6 is 0 Å². The lowest BCUT2D eigenvalue weighted by Gasteiger charge is -2.10. The number of nitrogens with zero attached hydrogens (tertiary/aromatic N) is 2. The van der Waals surface area contributed by atoms with Crippen molar-refractivity contribution in [2.24, 2.45) is 0 Å². The highest BCUT2D eigenvalue weighted by Crippen LogP contribution is 2.29. The molecule has 3 aromatic rings. The van der Waals surface area contributed by atoms with Crippen LogP contribution in [0.3, 0.4) is 0 Å². The summed E-state index contributed by atoms with van der Waals surface area (Å²) in [5.74, 6) is -0.490. The van der Waals surface area contributed by atoms with E-state index in [4.69, 9.17) is 9.47 Å². The van der Waals surface area contributed by atoms with Crippen LogP contribution in [-0.2, 0) is 23.8 Å². The normalized spacial score (nSPS) is 11.3. The quantitative estimate of drug-likeness (QED) is 0.581. The highest BCUT2D eigenvalue weighted by Gasteiger charge is 2.38. The molecule has 0 bridgehead atoms. The largest absolute Gasteiger partial charge is 0.493 e. The van der Waals surface area contributed by atoms with Crippen LogP contribution in [-0.4, -0.2) is 36.8 Å². The van der Waals surface area contributed by atoms with Crippen LogP contribution in [0, 0.1) is 0 Å². The molecule has 1 aromatic heterocycles. The molecule has 7 nitrogen and oxygen atoms in total. The van der Waals surface area contributed by atoms with E-state index in [1.807, 2.05) is 12.1 Å². The Balaban J connectivity index is 1.51.